The van der Waals surface area contributed by atoms with Crippen LogP contribution in [0.15, 0.2) is 77.7 Å². The molecule has 0 aliphatic heterocycles. The molecule has 4 rings (SSSR count). The van der Waals surface area contributed by atoms with Crippen LogP contribution in [0.2, 0.25) is 5.02 Å². The third-order valence-corrected chi connectivity index (χ3v) is 9.65. The molecule has 10 heteroatoms. The number of anilines is 1. The molecule has 0 radical (unpaired) electrons. The zero-order valence-corrected chi connectivity index (χ0v) is 25.5. The molecule has 42 heavy (non-hydrogen) atoms. The minimum atomic E-state index is -4.17. The minimum absolute atomic E-state index is 0.00867. The molecule has 1 aliphatic rings. The van der Waals surface area contributed by atoms with Crippen molar-refractivity contribution in [2.24, 2.45) is 0 Å². The van der Waals surface area contributed by atoms with Crippen molar-refractivity contribution in [1.29, 1.82) is 0 Å². The largest absolute Gasteiger partial charge is 0.352 e. The van der Waals surface area contributed by atoms with Crippen LogP contribution in [-0.2, 0) is 26.2 Å². The molecule has 0 unspecified atom stereocenters. The van der Waals surface area contributed by atoms with Gasteiger partial charge in [0.25, 0.3) is 10.0 Å². The Bertz CT molecular complexity index is 1460. The molecule has 1 aliphatic carbocycles. The first-order valence-corrected chi connectivity index (χ1v) is 16.1. The molecule has 0 heterocycles. The number of benzene rings is 3. The van der Waals surface area contributed by atoms with Crippen LogP contribution in [0.4, 0.5) is 10.1 Å². The van der Waals surface area contributed by atoms with E-state index in [0.29, 0.717) is 17.0 Å². The van der Waals surface area contributed by atoms with Crippen molar-refractivity contribution in [2.45, 2.75) is 75.9 Å². The van der Waals surface area contributed by atoms with Gasteiger partial charge in [-0.1, -0.05) is 67.6 Å². The van der Waals surface area contributed by atoms with Gasteiger partial charge in [0.2, 0.25) is 11.8 Å². The minimum Gasteiger partial charge on any atom is -0.352 e. The normalized spacial score (nSPS) is 14.7. The fraction of sp³-hybridized carbons (Fsp3) is 0.375. The van der Waals surface area contributed by atoms with Crippen LogP contribution in [0.1, 0.15) is 56.6 Å². The number of carbonyl (C=O) groups is 2. The van der Waals surface area contributed by atoms with Gasteiger partial charge in [-0.05, 0) is 80.3 Å². The molecule has 224 valence electrons. The van der Waals surface area contributed by atoms with Crippen molar-refractivity contribution in [3.63, 3.8) is 0 Å². The topological polar surface area (TPSA) is 86.8 Å². The molecule has 0 saturated heterocycles. The van der Waals surface area contributed by atoms with E-state index in [0.717, 1.165) is 42.0 Å². The smallest absolute Gasteiger partial charge is 0.264 e. The van der Waals surface area contributed by atoms with Gasteiger partial charge in [0, 0.05) is 17.6 Å². The van der Waals surface area contributed by atoms with Crippen LogP contribution in [0, 0.1) is 12.7 Å². The summed E-state index contributed by atoms with van der Waals surface area (Å²) in [5, 5.41) is 3.53. The standard InChI is InChI=1S/C32H37ClFN3O4S/c1-3-30(32(39)35-27-7-5-4-6-8-27)36(21-24-11-15-26(34)16-12-24)31(38)22-37(28-17-13-25(33)14-18-28)42(40,41)29-19-9-23(2)10-20-29/h9-20,27,30H,3-8,21-22H2,1-2H3,(H,35,39)/t30-/m1/s1. The van der Waals surface area contributed by atoms with Crippen molar-refractivity contribution in [3.05, 3.63) is 94.8 Å². The summed E-state index contributed by atoms with van der Waals surface area (Å²) in [7, 11) is -4.17. The van der Waals surface area contributed by atoms with Gasteiger partial charge in [-0.3, -0.25) is 13.9 Å². The first-order valence-electron chi connectivity index (χ1n) is 14.3. The van der Waals surface area contributed by atoms with E-state index in [-0.39, 0.29) is 29.1 Å². The summed E-state index contributed by atoms with van der Waals surface area (Å²) in [5.74, 6) is -1.26. The predicted octanol–water partition coefficient (Wildman–Crippen LogP) is 6.24. The molecule has 0 aromatic heterocycles. The van der Waals surface area contributed by atoms with Gasteiger partial charge in [-0.25, -0.2) is 12.8 Å². The number of halogens is 2. The lowest BCUT2D eigenvalue weighted by molar-refractivity contribution is -0.140. The van der Waals surface area contributed by atoms with Crippen LogP contribution in [0.25, 0.3) is 0 Å². The Balaban J connectivity index is 1.69. The molecular formula is C32H37ClFN3O4S. The summed E-state index contributed by atoms with van der Waals surface area (Å²) >= 11 is 6.08. The molecule has 2 amide bonds. The van der Waals surface area contributed by atoms with E-state index in [1.54, 1.807) is 48.5 Å². The Morgan fingerprint density at radius 2 is 1.57 bits per heavy atom. The summed E-state index contributed by atoms with van der Waals surface area (Å²) in [6, 6.07) is 17.5. The van der Waals surface area contributed by atoms with Crippen LogP contribution in [0.5, 0.6) is 0 Å². The monoisotopic (exact) mass is 613 g/mol. The Hall–Kier alpha value is -3.43. The van der Waals surface area contributed by atoms with Gasteiger partial charge in [0.1, 0.15) is 18.4 Å². The van der Waals surface area contributed by atoms with E-state index in [1.165, 1.54) is 29.2 Å². The Morgan fingerprint density at radius 3 is 2.17 bits per heavy atom. The lowest BCUT2D eigenvalue weighted by atomic mass is 9.95. The predicted molar refractivity (Wildman–Crippen MR) is 163 cm³/mol. The van der Waals surface area contributed by atoms with Gasteiger partial charge < -0.3 is 10.2 Å². The zero-order chi connectivity index (χ0) is 30.3. The summed E-state index contributed by atoms with van der Waals surface area (Å²) in [6.07, 6.45) is 5.28. The van der Waals surface area contributed by atoms with E-state index >= 15 is 0 Å². The highest BCUT2D eigenvalue weighted by atomic mass is 35.5. The molecule has 1 fully saturated rings. The van der Waals surface area contributed by atoms with Crippen LogP contribution in [-0.4, -0.2) is 43.8 Å². The molecule has 7 nitrogen and oxygen atoms in total. The quantitative estimate of drug-likeness (QED) is 0.277. The fourth-order valence-electron chi connectivity index (χ4n) is 5.22. The maximum absolute atomic E-state index is 14.1. The first-order chi connectivity index (χ1) is 20.1. The van der Waals surface area contributed by atoms with E-state index < -0.39 is 34.3 Å². The third-order valence-electron chi connectivity index (χ3n) is 7.61. The van der Waals surface area contributed by atoms with Crippen LogP contribution >= 0.6 is 11.6 Å². The Labute approximate surface area is 252 Å². The number of hydrogen-bond acceptors (Lipinski definition) is 4. The second-order valence-corrected chi connectivity index (χ2v) is 13.0. The number of carbonyl (C=O) groups excluding carboxylic acids is 2. The van der Waals surface area contributed by atoms with E-state index in [9.17, 15) is 22.4 Å². The van der Waals surface area contributed by atoms with E-state index in [4.69, 9.17) is 11.6 Å². The highest BCUT2D eigenvalue weighted by Gasteiger charge is 2.34. The lowest BCUT2D eigenvalue weighted by Crippen LogP contribution is -2.54. The van der Waals surface area contributed by atoms with Gasteiger partial charge in [0.05, 0.1) is 10.6 Å². The average molecular weight is 614 g/mol. The van der Waals surface area contributed by atoms with Crippen LogP contribution in [0.3, 0.4) is 0 Å². The van der Waals surface area contributed by atoms with Crippen molar-refractivity contribution >= 4 is 39.1 Å². The number of aryl methyl sites for hydroxylation is 1. The number of hydrogen-bond donors (Lipinski definition) is 1. The molecule has 0 bridgehead atoms. The summed E-state index contributed by atoms with van der Waals surface area (Å²) in [6.45, 7) is 3.13. The molecule has 3 aromatic rings. The summed E-state index contributed by atoms with van der Waals surface area (Å²) < 4.78 is 42.6. The highest BCUT2D eigenvalue weighted by Crippen LogP contribution is 2.27. The molecule has 0 spiro atoms. The second kappa shape index (κ2) is 14.2. The van der Waals surface area contributed by atoms with Crippen molar-refractivity contribution in [2.75, 3.05) is 10.8 Å². The van der Waals surface area contributed by atoms with Gasteiger partial charge >= 0.3 is 0 Å². The molecule has 1 atom stereocenters. The number of amides is 2. The summed E-state index contributed by atoms with van der Waals surface area (Å²) in [4.78, 5) is 29.1. The highest BCUT2D eigenvalue weighted by molar-refractivity contribution is 7.92. The fourth-order valence-corrected chi connectivity index (χ4v) is 6.76. The van der Waals surface area contributed by atoms with Crippen molar-refractivity contribution in [1.82, 2.24) is 10.2 Å². The zero-order valence-electron chi connectivity index (χ0n) is 23.9. The molecule has 3 aromatic carbocycles. The Kier molecular flexibility index (Phi) is 10.6. The summed E-state index contributed by atoms with van der Waals surface area (Å²) in [5.41, 5.74) is 1.77. The second-order valence-electron chi connectivity index (χ2n) is 10.7. The Morgan fingerprint density at radius 1 is 0.952 bits per heavy atom. The van der Waals surface area contributed by atoms with Crippen molar-refractivity contribution in [3.8, 4) is 0 Å². The van der Waals surface area contributed by atoms with E-state index in [2.05, 4.69) is 5.32 Å². The molecular weight excluding hydrogens is 577 g/mol. The third kappa shape index (κ3) is 7.89. The maximum atomic E-state index is 14.1. The van der Waals surface area contributed by atoms with Crippen LogP contribution < -0.4 is 9.62 Å². The molecule has 1 N–H and O–H groups in total. The molecule has 1 saturated carbocycles. The maximum Gasteiger partial charge on any atom is 0.264 e. The first kappa shape index (κ1) is 31.5. The number of nitrogens with one attached hydrogen (secondary N) is 1. The SMILES string of the molecule is CC[C@H](C(=O)NC1CCCCC1)N(Cc1ccc(F)cc1)C(=O)CN(c1ccc(Cl)cc1)S(=O)(=O)c1ccc(C)cc1. The van der Waals surface area contributed by atoms with Gasteiger partial charge in [0.15, 0.2) is 0 Å². The van der Waals surface area contributed by atoms with E-state index in [1.807, 2.05) is 13.8 Å². The number of nitrogens with zero attached hydrogens (tertiary/aromatic N) is 2. The number of rotatable bonds is 11. The lowest BCUT2D eigenvalue weighted by Gasteiger charge is -2.34. The van der Waals surface area contributed by atoms with Crippen molar-refractivity contribution < 1.29 is 22.4 Å². The van der Waals surface area contributed by atoms with Gasteiger partial charge in [-0.2, -0.15) is 0 Å². The average Bonchev–Trinajstić information content (AvgIpc) is 2.98. The van der Waals surface area contributed by atoms with Gasteiger partial charge in [-0.15, -0.1) is 0 Å². The number of sulfonamides is 1.